The van der Waals surface area contributed by atoms with Crippen LogP contribution in [0, 0.1) is 12.7 Å². The minimum atomic E-state index is -0.806. The first-order valence-electron chi connectivity index (χ1n) is 7.04. The van der Waals surface area contributed by atoms with Gasteiger partial charge in [-0.3, -0.25) is 4.79 Å². The third kappa shape index (κ3) is 2.38. The number of halogens is 1. The molecule has 1 N–H and O–H groups in total. The standard InChI is InChI=1S/C16H21FO2/c1-3-12-10-13(11(2)9-14(12)17)16(15(18)19)7-5-4-6-8-16/h9-10H,3-8H2,1-2H3,(H,18,19). The number of aryl methyl sites for hydroxylation is 2. The van der Waals surface area contributed by atoms with Crippen LogP contribution in [0.1, 0.15) is 55.7 Å². The topological polar surface area (TPSA) is 37.3 Å². The van der Waals surface area contributed by atoms with E-state index in [4.69, 9.17) is 0 Å². The normalized spacial score (nSPS) is 18.3. The zero-order valence-electron chi connectivity index (χ0n) is 11.6. The molecule has 1 aromatic carbocycles. The van der Waals surface area contributed by atoms with Gasteiger partial charge in [-0.25, -0.2) is 4.39 Å². The summed E-state index contributed by atoms with van der Waals surface area (Å²) >= 11 is 0. The number of rotatable bonds is 3. The molecule has 2 nitrogen and oxygen atoms in total. The Morgan fingerprint density at radius 2 is 1.95 bits per heavy atom. The van der Waals surface area contributed by atoms with E-state index >= 15 is 0 Å². The Bertz CT molecular complexity index is 488. The molecule has 1 aliphatic carbocycles. The molecule has 104 valence electrons. The zero-order chi connectivity index (χ0) is 14.0. The van der Waals surface area contributed by atoms with Crippen molar-refractivity contribution in [1.29, 1.82) is 0 Å². The van der Waals surface area contributed by atoms with Crippen LogP contribution >= 0.6 is 0 Å². The summed E-state index contributed by atoms with van der Waals surface area (Å²) in [7, 11) is 0. The first-order valence-corrected chi connectivity index (χ1v) is 7.04. The second kappa shape index (κ2) is 5.32. The lowest BCUT2D eigenvalue weighted by Crippen LogP contribution is -2.38. The fourth-order valence-electron chi connectivity index (χ4n) is 3.26. The van der Waals surface area contributed by atoms with Crippen molar-refractivity contribution >= 4 is 5.97 Å². The van der Waals surface area contributed by atoms with Gasteiger partial charge in [-0.15, -0.1) is 0 Å². The molecule has 1 fully saturated rings. The highest BCUT2D eigenvalue weighted by molar-refractivity contribution is 5.82. The highest BCUT2D eigenvalue weighted by atomic mass is 19.1. The minimum Gasteiger partial charge on any atom is -0.481 e. The number of carboxylic acid groups (broad SMARTS) is 1. The quantitative estimate of drug-likeness (QED) is 0.896. The van der Waals surface area contributed by atoms with Crippen molar-refractivity contribution in [3.05, 3.63) is 34.6 Å². The fourth-order valence-corrected chi connectivity index (χ4v) is 3.26. The molecular formula is C16H21FO2. The summed E-state index contributed by atoms with van der Waals surface area (Å²) in [4.78, 5) is 11.8. The van der Waals surface area contributed by atoms with Gasteiger partial charge in [0.2, 0.25) is 0 Å². The van der Waals surface area contributed by atoms with Gasteiger partial charge in [-0.1, -0.05) is 32.3 Å². The molecule has 0 spiro atoms. The molecule has 0 amide bonds. The highest BCUT2D eigenvalue weighted by Crippen LogP contribution is 2.41. The molecule has 0 aliphatic heterocycles. The molecule has 0 aromatic heterocycles. The predicted molar refractivity (Wildman–Crippen MR) is 72.9 cm³/mol. The van der Waals surface area contributed by atoms with E-state index < -0.39 is 11.4 Å². The Morgan fingerprint density at radius 1 is 1.32 bits per heavy atom. The van der Waals surface area contributed by atoms with Crippen LogP contribution in [0.4, 0.5) is 4.39 Å². The van der Waals surface area contributed by atoms with Crippen molar-refractivity contribution in [2.45, 2.75) is 57.8 Å². The van der Waals surface area contributed by atoms with Crippen LogP contribution in [-0.2, 0) is 16.6 Å². The van der Waals surface area contributed by atoms with Crippen molar-refractivity contribution in [3.63, 3.8) is 0 Å². The lowest BCUT2D eigenvalue weighted by Gasteiger charge is -2.35. The van der Waals surface area contributed by atoms with Gasteiger partial charge >= 0.3 is 5.97 Å². The lowest BCUT2D eigenvalue weighted by atomic mass is 9.68. The molecule has 3 heteroatoms. The minimum absolute atomic E-state index is 0.222. The second-order valence-electron chi connectivity index (χ2n) is 5.56. The van der Waals surface area contributed by atoms with Gasteiger partial charge in [0.25, 0.3) is 0 Å². The van der Waals surface area contributed by atoms with Crippen LogP contribution < -0.4 is 0 Å². The highest BCUT2D eigenvalue weighted by Gasteiger charge is 2.42. The Balaban J connectivity index is 2.56. The van der Waals surface area contributed by atoms with Crippen LogP contribution in [0.5, 0.6) is 0 Å². The number of hydrogen-bond acceptors (Lipinski definition) is 1. The number of hydrogen-bond donors (Lipinski definition) is 1. The lowest BCUT2D eigenvalue weighted by molar-refractivity contribution is -0.145. The van der Waals surface area contributed by atoms with E-state index in [1.807, 2.05) is 13.8 Å². The molecule has 0 saturated heterocycles. The van der Waals surface area contributed by atoms with Gasteiger partial charge in [0.1, 0.15) is 5.82 Å². The van der Waals surface area contributed by atoms with Crippen LogP contribution in [0.3, 0.4) is 0 Å². The molecule has 1 saturated carbocycles. The smallest absolute Gasteiger partial charge is 0.314 e. The molecule has 19 heavy (non-hydrogen) atoms. The first-order chi connectivity index (χ1) is 9.01. The largest absolute Gasteiger partial charge is 0.481 e. The van der Waals surface area contributed by atoms with Crippen LogP contribution in [-0.4, -0.2) is 11.1 Å². The van der Waals surface area contributed by atoms with E-state index in [0.29, 0.717) is 24.8 Å². The summed E-state index contributed by atoms with van der Waals surface area (Å²) < 4.78 is 13.8. The van der Waals surface area contributed by atoms with E-state index in [0.717, 1.165) is 30.4 Å². The first kappa shape index (κ1) is 14.0. The number of carboxylic acids is 1. The van der Waals surface area contributed by atoms with E-state index in [-0.39, 0.29) is 5.82 Å². The van der Waals surface area contributed by atoms with Gasteiger partial charge in [0, 0.05) is 0 Å². The SMILES string of the molecule is CCc1cc(C2(C(=O)O)CCCCC2)c(C)cc1F. The maximum absolute atomic E-state index is 13.8. The molecule has 1 aromatic rings. The van der Waals surface area contributed by atoms with E-state index in [1.54, 1.807) is 6.07 Å². The van der Waals surface area contributed by atoms with Gasteiger partial charge in [-0.05, 0) is 48.9 Å². The summed E-state index contributed by atoms with van der Waals surface area (Å²) in [6.07, 6.45) is 4.88. The summed E-state index contributed by atoms with van der Waals surface area (Å²) in [5, 5.41) is 9.71. The Hall–Kier alpha value is -1.38. The summed E-state index contributed by atoms with van der Waals surface area (Å²) in [6.45, 7) is 3.71. The third-order valence-electron chi connectivity index (χ3n) is 4.41. The maximum Gasteiger partial charge on any atom is 0.314 e. The van der Waals surface area contributed by atoms with Crippen LogP contribution in [0.15, 0.2) is 12.1 Å². The average Bonchev–Trinajstić information content (AvgIpc) is 2.39. The monoisotopic (exact) mass is 264 g/mol. The Labute approximate surface area is 113 Å². The molecule has 0 radical (unpaired) electrons. The van der Waals surface area contributed by atoms with E-state index in [1.165, 1.54) is 6.07 Å². The van der Waals surface area contributed by atoms with Gasteiger partial charge in [0.05, 0.1) is 5.41 Å². The zero-order valence-corrected chi connectivity index (χ0v) is 11.6. The number of carbonyl (C=O) groups is 1. The van der Waals surface area contributed by atoms with E-state index in [2.05, 4.69) is 0 Å². The van der Waals surface area contributed by atoms with Crippen molar-refractivity contribution in [2.75, 3.05) is 0 Å². The molecule has 0 unspecified atom stereocenters. The summed E-state index contributed by atoms with van der Waals surface area (Å²) in [5.74, 6) is -0.982. The summed E-state index contributed by atoms with van der Waals surface area (Å²) in [5.41, 5.74) is 1.39. The fraction of sp³-hybridized carbons (Fsp3) is 0.562. The maximum atomic E-state index is 13.8. The number of aliphatic carboxylic acids is 1. The van der Waals surface area contributed by atoms with Crippen LogP contribution in [0.25, 0.3) is 0 Å². The van der Waals surface area contributed by atoms with Crippen molar-refractivity contribution in [2.24, 2.45) is 0 Å². The van der Waals surface area contributed by atoms with Crippen molar-refractivity contribution in [3.8, 4) is 0 Å². The van der Waals surface area contributed by atoms with E-state index in [9.17, 15) is 14.3 Å². The average molecular weight is 264 g/mol. The third-order valence-corrected chi connectivity index (χ3v) is 4.41. The molecule has 0 atom stereocenters. The van der Waals surface area contributed by atoms with Crippen molar-refractivity contribution < 1.29 is 14.3 Å². The predicted octanol–water partition coefficient (Wildman–Crippen LogP) is 3.98. The van der Waals surface area contributed by atoms with Crippen LogP contribution in [0.2, 0.25) is 0 Å². The van der Waals surface area contributed by atoms with Gasteiger partial charge < -0.3 is 5.11 Å². The molecule has 1 aliphatic rings. The van der Waals surface area contributed by atoms with Gasteiger partial charge in [0.15, 0.2) is 0 Å². The molecule has 0 heterocycles. The Morgan fingerprint density at radius 3 is 2.47 bits per heavy atom. The molecule has 0 bridgehead atoms. The van der Waals surface area contributed by atoms with Crippen molar-refractivity contribution in [1.82, 2.24) is 0 Å². The Kier molecular flexibility index (Phi) is 3.93. The molecule has 2 rings (SSSR count). The summed E-state index contributed by atoms with van der Waals surface area (Å²) in [6, 6.07) is 3.28. The second-order valence-corrected chi connectivity index (χ2v) is 5.56. The number of benzene rings is 1. The van der Waals surface area contributed by atoms with Gasteiger partial charge in [-0.2, -0.15) is 0 Å². The molecular weight excluding hydrogens is 243 g/mol.